The van der Waals surface area contributed by atoms with Crippen LogP contribution in [0.2, 0.25) is 5.02 Å². The van der Waals surface area contributed by atoms with E-state index in [1.807, 2.05) is 42.5 Å². The molecule has 0 aliphatic rings. The van der Waals surface area contributed by atoms with E-state index in [1.54, 1.807) is 7.11 Å². The van der Waals surface area contributed by atoms with Gasteiger partial charge in [-0.2, -0.15) is 0 Å². The molecule has 3 aromatic rings. The number of hydrogen-bond acceptors (Lipinski definition) is 3. The first-order valence-corrected chi connectivity index (χ1v) is 10.7. The molecule has 0 aromatic heterocycles. The number of benzene rings is 3. The molecular formula is C22H20Br2ClNO2. The van der Waals surface area contributed by atoms with Crippen LogP contribution >= 0.6 is 43.5 Å². The van der Waals surface area contributed by atoms with Crippen molar-refractivity contribution in [3.05, 3.63) is 85.3 Å². The van der Waals surface area contributed by atoms with Gasteiger partial charge < -0.3 is 14.8 Å². The van der Waals surface area contributed by atoms with Crippen molar-refractivity contribution in [2.24, 2.45) is 0 Å². The molecule has 0 atom stereocenters. The van der Waals surface area contributed by atoms with E-state index in [4.69, 9.17) is 21.1 Å². The lowest BCUT2D eigenvalue weighted by molar-refractivity contribution is 0.282. The zero-order chi connectivity index (χ0) is 20.1. The van der Waals surface area contributed by atoms with Crippen molar-refractivity contribution in [1.29, 1.82) is 0 Å². The predicted molar refractivity (Wildman–Crippen MR) is 123 cm³/mol. The van der Waals surface area contributed by atoms with Gasteiger partial charge in [0, 0.05) is 27.3 Å². The van der Waals surface area contributed by atoms with Crippen LogP contribution in [0.25, 0.3) is 0 Å². The Labute approximate surface area is 187 Å². The maximum absolute atomic E-state index is 6.22. The lowest BCUT2D eigenvalue weighted by Gasteiger charge is -2.16. The molecule has 0 saturated carbocycles. The summed E-state index contributed by atoms with van der Waals surface area (Å²) in [5.74, 6) is 1.33. The Morgan fingerprint density at radius 1 is 1.04 bits per heavy atom. The minimum absolute atomic E-state index is 0.365. The quantitative estimate of drug-likeness (QED) is 0.349. The Morgan fingerprint density at radius 3 is 2.54 bits per heavy atom. The first-order valence-electron chi connectivity index (χ1n) is 8.70. The Balaban J connectivity index is 1.74. The zero-order valence-corrected chi connectivity index (χ0v) is 19.5. The molecule has 0 bridgehead atoms. The lowest BCUT2D eigenvalue weighted by Crippen LogP contribution is -2.03. The molecule has 0 unspecified atom stereocenters. The molecule has 0 spiro atoms. The van der Waals surface area contributed by atoms with Gasteiger partial charge in [0.15, 0.2) is 11.5 Å². The van der Waals surface area contributed by atoms with Gasteiger partial charge in [-0.15, -0.1) is 0 Å². The Bertz CT molecular complexity index is 979. The highest BCUT2D eigenvalue weighted by Crippen LogP contribution is 2.37. The standard InChI is InChI=1S/C22H20Br2ClNO2/c1-14-9-17(23)7-8-20(14)26-12-15-10-18(24)22(21(11-15)27-2)28-13-16-5-3-4-6-19(16)25/h3-11,26H,12-13H2,1-2H3. The van der Waals surface area contributed by atoms with Crippen LogP contribution in [0.3, 0.4) is 0 Å². The molecule has 0 aliphatic carbocycles. The van der Waals surface area contributed by atoms with Crippen LogP contribution in [0.5, 0.6) is 11.5 Å². The summed E-state index contributed by atoms with van der Waals surface area (Å²) in [6, 6.07) is 17.8. The van der Waals surface area contributed by atoms with E-state index in [1.165, 1.54) is 5.56 Å². The van der Waals surface area contributed by atoms with E-state index in [-0.39, 0.29) is 0 Å². The fourth-order valence-electron chi connectivity index (χ4n) is 2.80. The Hall–Kier alpha value is -1.69. The summed E-state index contributed by atoms with van der Waals surface area (Å²) in [6.07, 6.45) is 0. The number of aryl methyl sites for hydroxylation is 1. The summed E-state index contributed by atoms with van der Waals surface area (Å²) in [6.45, 7) is 3.11. The Kier molecular flexibility index (Phi) is 7.27. The second kappa shape index (κ2) is 9.68. The molecule has 0 aliphatic heterocycles. The molecule has 146 valence electrons. The third kappa shape index (κ3) is 5.22. The zero-order valence-electron chi connectivity index (χ0n) is 15.6. The summed E-state index contributed by atoms with van der Waals surface area (Å²) in [5, 5.41) is 4.15. The van der Waals surface area contributed by atoms with Gasteiger partial charge >= 0.3 is 0 Å². The highest BCUT2D eigenvalue weighted by Gasteiger charge is 2.13. The molecule has 3 rings (SSSR count). The summed E-state index contributed by atoms with van der Waals surface area (Å²) in [7, 11) is 1.64. The minimum Gasteiger partial charge on any atom is -0.493 e. The molecule has 3 aromatic carbocycles. The number of anilines is 1. The van der Waals surface area contributed by atoms with Crippen molar-refractivity contribution in [2.45, 2.75) is 20.1 Å². The smallest absolute Gasteiger partial charge is 0.175 e. The topological polar surface area (TPSA) is 30.5 Å². The van der Waals surface area contributed by atoms with Crippen molar-refractivity contribution >= 4 is 49.1 Å². The van der Waals surface area contributed by atoms with Crippen molar-refractivity contribution < 1.29 is 9.47 Å². The van der Waals surface area contributed by atoms with Crippen LogP contribution in [-0.4, -0.2) is 7.11 Å². The lowest BCUT2D eigenvalue weighted by atomic mass is 10.1. The average molecular weight is 526 g/mol. The molecule has 0 amide bonds. The molecule has 0 radical (unpaired) electrons. The van der Waals surface area contributed by atoms with E-state index in [0.717, 1.165) is 25.8 Å². The second-order valence-electron chi connectivity index (χ2n) is 6.30. The van der Waals surface area contributed by atoms with E-state index < -0.39 is 0 Å². The van der Waals surface area contributed by atoms with Gasteiger partial charge in [-0.25, -0.2) is 0 Å². The number of rotatable bonds is 7. The summed E-state index contributed by atoms with van der Waals surface area (Å²) in [5.41, 5.74) is 4.28. The van der Waals surface area contributed by atoms with Gasteiger partial charge in [0.25, 0.3) is 0 Å². The van der Waals surface area contributed by atoms with Gasteiger partial charge in [0.2, 0.25) is 0 Å². The van der Waals surface area contributed by atoms with Crippen LogP contribution in [0.1, 0.15) is 16.7 Å². The maximum atomic E-state index is 6.22. The number of methoxy groups -OCH3 is 1. The van der Waals surface area contributed by atoms with Crippen molar-refractivity contribution in [3.8, 4) is 11.5 Å². The summed E-state index contributed by atoms with van der Waals surface area (Å²) in [4.78, 5) is 0. The fourth-order valence-corrected chi connectivity index (χ4v) is 4.07. The summed E-state index contributed by atoms with van der Waals surface area (Å²) >= 11 is 13.3. The van der Waals surface area contributed by atoms with Gasteiger partial charge in [0.05, 0.1) is 11.6 Å². The second-order valence-corrected chi connectivity index (χ2v) is 8.48. The SMILES string of the molecule is COc1cc(CNc2ccc(Br)cc2C)cc(Br)c1OCc1ccccc1Cl. The molecule has 0 saturated heterocycles. The third-order valence-corrected chi connectivity index (χ3v) is 5.74. The minimum atomic E-state index is 0.365. The van der Waals surface area contributed by atoms with E-state index in [2.05, 4.69) is 56.2 Å². The highest BCUT2D eigenvalue weighted by atomic mass is 79.9. The van der Waals surface area contributed by atoms with Crippen LogP contribution in [-0.2, 0) is 13.2 Å². The fraction of sp³-hybridized carbons (Fsp3) is 0.182. The number of hydrogen-bond donors (Lipinski definition) is 1. The molecule has 3 nitrogen and oxygen atoms in total. The third-order valence-electron chi connectivity index (χ3n) is 4.29. The van der Waals surface area contributed by atoms with Crippen LogP contribution in [0.15, 0.2) is 63.5 Å². The van der Waals surface area contributed by atoms with Gasteiger partial charge in [-0.05, 0) is 70.4 Å². The van der Waals surface area contributed by atoms with E-state index in [0.29, 0.717) is 29.7 Å². The first kappa shape index (κ1) is 21.0. The molecule has 1 N–H and O–H groups in total. The summed E-state index contributed by atoms with van der Waals surface area (Å²) < 4.78 is 13.5. The van der Waals surface area contributed by atoms with Crippen LogP contribution in [0, 0.1) is 6.92 Å². The van der Waals surface area contributed by atoms with E-state index >= 15 is 0 Å². The number of halogens is 3. The monoisotopic (exact) mass is 523 g/mol. The predicted octanol–water partition coefficient (Wildman–Crippen LogP) is 7.37. The maximum Gasteiger partial charge on any atom is 0.175 e. The molecule has 0 heterocycles. The van der Waals surface area contributed by atoms with Gasteiger partial charge in [-0.3, -0.25) is 0 Å². The Morgan fingerprint density at radius 2 is 1.82 bits per heavy atom. The molecule has 28 heavy (non-hydrogen) atoms. The highest BCUT2D eigenvalue weighted by molar-refractivity contribution is 9.10. The van der Waals surface area contributed by atoms with Gasteiger partial charge in [-0.1, -0.05) is 45.7 Å². The largest absolute Gasteiger partial charge is 0.493 e. The van der Waals surface area contributed by atoms with E-state index in [9.17, 15) is 0 Å². The van der Waals surface area contributed by atoms with Crippen molar-refractivity contribution in [2.75, 3.05) is 12.4 Å². The van der Waals surface area contributed by atoms with Crippen LogP contribution < -0.4 is 14.8 Å². The number of nitrogens with one attached hydrogen (secondary N) is 1. The molecular weight excluding hydrogens is 506 g/mol. The normalized spacial score (nSPS) is 10.6. The van der Waals surface area contributed by atoms with Crippen molar-refractivity contribution in [3.63, 3.8) is 0 Å². The first-order chi connectivity index (χ1) is 13.5. The molecule has 0 fully saturated rings. The number of ether oxygens (including phenoxy) is 2. The van der Waals surface area contributed by atoms with Crippen molar-refractivity contribution in [1.82, 2.24) is 0 Å². The van der Waals surface area contributed by atoms with Crippen LogP contribution in [0.4, 0.5) is 5.69 Å². The average Bonchev–Trinajstić information content (AvgIpc) is 2.67. The van der Waals surface area contributed by atoms with Gasteiger partial charge in [0.1, 0.15) is 6.61 Å². The molecule has 6 heteroatoms.